The van der Waals surface area contributed by atoms with Crippen LogP contribution in [0.25, 0.3) is 11.1 Å². The number of benzene rings is 2. The molecule has 0 saturated heterocycles. The van der Waals surface area contributed by atoms with Gasteiger partial charge < -0.3 is 48.5 Å². The third-order valence-corrected chi connectivity index (χ3v) is 7.21. The van der Waals surface area contributed by atoms with Gasteiger partial charge in [-0.25, -0.2) is 0 Å². The van der Waals surface area contributed by atoms with E-state index in [0.717, 1.165) is 0 Å². The maximum atomic E-state index is 13.4. The van der Waals surface area contributed by atoms with E-state index in [0.29, 0.717) is 54.5 Å². The van der Waals surface area contributed by atoms with Crippen LogP contribution in [0.5, 0.6) is 11.5 Å². The van der Waals surface area contributed by atoms with E-state index >= 15 is 0 Å². The van der Waals surface area contributed by atoms with Crippen molar-refractivity contribution in [2.75, 3.05) is 19.7 Å². The number of carbonyl (C=O) groups excluding carboxylic acids is 3. The predicted octanol–water partition coefficient (Wildman–Crippen LogP) is -0.495. The second-order valence-electron chi connectivity index (χ2n) is 10.5. The van der Waals surface area contributed by atoms with Crippen molar-refractivity contribution >= 4 is 17.7 Å². The van der Waals surface area contributed by atoms with Gasteiger partial charge in [0, 0.05) is 32.0 Å². The highest BCUT2D eigenvalue weighted by Crippen LogP contribution is 2.30. The minimum Gasteiger partial charge on any atom is -0.508 e. The van der Waals surface area contributed by atoms with Gasteiger partial charge in [0.1, 0.15) is 23.6 Å². The molecular formula is C29H42N6O6. The molecule has 224 valence electrons. The number of nitrogens with one attached hydrogen (secondary N) is 3. The lowest BCUT2D eigenvalue weighted by atomic mass is 9.95. The minimum atomic E-state index is -1.07. The summed E-state index contributed by atoms with van der Waals surface area (Å²) in [6, 6.07) is 6.55. The van der Waals surface area contributed by atoms with E-state index in [-0.39, 0.29) is 50.0 Å². The normalized spacial score (nSPS) is 20.2. The zero-order valence-corrected chi connectivity index (χ0v) is 23.1. The van der Waals surface area contributed by atoms with Crippen LogP contribution in [0.1, 0.15) is 43.2 Å². The minimum absolute atomic E-state index is 0.0115. The van der Waals surface area contributed by atoms with Crippen LogP contribution >= 0.6 is 0 Å². The van der Waals surface area contributed by atoms with E-state index in [1.165, 1.54) is 12.1 Å². The number of aliphatic hydroxyl groups excluding tert-OH is 1. The molecule has 0 radical (unpaired) electrons. The monoisotopic (exact) mass is 570 g/mol. The second-order valence-corrected chi connectivity index (χ2v) is 10.5. The molecule has 1 heterocycles. The maximum Gasteiger partial charge on any atom is 0.243 e. The Labute approximate surface area is 239 Å². The first-order chi connectivity index (χ1) is 19.6. The number of carbonyl (C=O) groups is 3. The largest absolute Gasteiger partial charge is 0.508 e. The van der Waals surface area contributed by atoms with Crippen molar-refractivity contribution in [3.63, 3.8) is 0 Å². The molecule has 3 rings (SSSR count). The summed E-state index contributed by atoms with van der Waals surface area (Å²) in [5, 5.41) is 38.4. The molecule has 1 aliphatic rings. The van der Waals surface area contributed by atoms with Crippen LogP contribution in [0.2, 0.25) is 0 Å². The highest BCUT2D eigenvalue weighted by molar-refractivity contribution is 5.93. The fourth-order valence-corrected chi connectivity index (χ4v) is 4.77. The zero-order chi connectivity index (χ0) is 29.9. The summed E-state index contributed by atoms with van der Waals surface area (Å²) < 4.78 is 0. The molecular weight excluding hydrogens is 528 g/mol. The molecule has 12 heteroatoms. The van der Waals surface area contributed by atoms with Crippen LogP contribution in [0.3, 0.4) is 0 Å². The van der Waals surface area contributed by atoms with Crippen LogP contribution in [0, 0.1) is 0 Å². The lowest BCUT2D eigenvalue weighted by Gasteiger charge is -2.24. The Morgan fingerprint density at radius 2 is 1.59 bits per heavy atom. The highest BCUT2D eigenvalue weighted by Gasteiger charge is 2.29. The van der Waals surface area contributed by atoms with E-state index in [2.05, 4.69) is 16.0 Å². The predicted molar refractivity (Wildman–Crippen MR) is 155 cm³/mol. The van der Waals surface area contributed by atoms with Crippen LogP contribution in [0.4, 0.5) is 0 Å². The molecule has 4 bridgehead atoms. The lowest BCUT2D eigenvalue weighted by Crippen LogP contribution is -2.56. The number of rotatable bonds is 10. The zero-order valence-electron chi connectivity index (χ0n) is 23.1. The van der Waals surface area contributed by atoms with Crippen LogP contribution in [0.15, 0.2) is 36.4 Å². The summed E-state index contributed by atoms with van der Waals surface area (Å²) in [4.78, 5) is 39.7. The summed E-state index contributed by atoms with van der Waals surface area (Å²) >= 11 is 0. The second kappa shape index (κ2) is 15.3. The number of amides is 3. The fourth-order valence-electron chi connectivity index (χ4n) is 4.77. The summed E-state index contributed by atoms with van der Waals surface area (Å²) in [5.74, 6) is -1.70. The summed E-state index contributed by atoms with van der Waals surface area (Å²) in [5.41, 5.74) is 20.1. The summed E-state index contributed by atoms with van der Waals surface area (Å²) in [6.07, 6.45) is 2.29. The Hall–Kier alpha value is -3.71. The number of aromatic hydroxyl groups is 2. The fraction of sp³-hybridized carbons (Fsp3) is 0.483. The Balaban J connectivity index is 1.95. The number of fused-ring (bicyclic) bond motifs is 5. The van der Waals surface area contributed by atoms with E-state index in [9.17, 15) is 24.6 Å². The van der Waals surface area contributed by atoms with Gasteiger partial charge in [-0.1, -0.05) is 12.1 Å². The van der Waals surface area contributed by atoms with Gasteiger partial charge in [-0.05, 0) is 85.2 Å². The van der Waals surface area contributed by atoms with E-state index in [1.54, 1.807) is 24.3 Å². The van der Waals surface area contributed by atoms with Crippen molar-refractivity contribution in [3.05, 3.63) is 47.5 Å². The molecule has 12 nitrogen and oxygen atoms in total. The number of aliphatic hydroxyl groups is 1. The van der Waals surface area contributed by atoms with Gasteiger partial charge in [0.25, 0.3) is 0 Å². The number of nitrogens with two attached hydrogens (primary N) is 3. The quantitative estimate of drug-likeness (QED) is 0.168. The lowest BCUT2D eigenvalue weighted by molar-refractivity contribution is -0.132. The van der Waals surface area contributed by atoms with Crippen LogP contribution in [-0.4, -0.2) is 76.9 Å². The first-order valence-corrected chi connectivity index (χ1v) is 14.0. The van der Waals surface area contributed by atoms with Crippen molar-refractivity contribution in [2.24, 2.45) is 17.2 Å². The van der Waals surface area contributed by atoms with Crippen LogP contribution < -0.4 is 33.2 Å². The molecule has 12 N–H and O–H groups in total. The van der Waals surface area contributed by atoms with Crippen molar-refractivity contribution < 1.29 is 29.7 Å². The molecule has 2 aromatic rings. The molecule has 41 heavy (non-hydrogen) atoms. The van der Waals surface area contributed by atoms with Crippen molar-refractivity contribution in [2.45, 2.75) is 69.1 Å². The Bertz CT molecular complexity index is 1210. The molecule has 0 spiro atoms. The SMILES string of the molecule is NCCC[C@@H]1NC(=O)[C@H](N)Cc2cc(ccc2O)-c2ccc(O)c(c2)C[C@@H](C(=O)NCCC[C@H](N)CCO)NC1=O. The standard InChI is InChI=1S/C29H42N6O6/c30-10-1-4-23-29(41)35-24(28(40)33-11-2-3-21(31)9-12-36)16-20-14-18(6-8-26(20)38)17-5-7-25(37)19(13-17)15-22(32)27(39)34-23/h5-8,13-14,21-24,36-38H,1-4,9-12,15-16,30-32H2,(H,33,40)(H,34,39)(H,35,41)/t21-,22+,23-,24-/m0/s1. The summed E-state index contributed by atoms with van der Waals surface area (Å²) in [6.45, 7) is 0.576. The molecule has 0 aromatic heterocycles. The Morgan fingerprint density at radius 3 is 2.20 bits per heavy atom. The topological polar surface area (TPSA) is 226 Å². The van der Waals surface area contributed by atoms with Crippen molar-refractivity contribution in [1.82, 2.24) is 16.0 Å². The molecule has 2 aromatic carbocycles. The number of hydrogen-bond donors (Lipinski definition) is 9. The Kier molecular flexibility index (Phi) is 11.9. The van der Waals surface area contributed by atoms with Gasteiger partial charge in [0.15, 0.2) is 0 Å². The number of phenols is 2. The first kappa shape index (κ1) is 31.8. The maximum absolute atomic E-state index is 13.4. The first-order valence-electron chi connectivity index (χ1n) is 14.0. The summed E-state index contributed by atoms with van der Waals surface area (Å²) in [7, 11) is 0. The van der Waals surface area contributed by atoms with E-state index in [1.807, 2.05) is 0 Å². The van der Waals surface area contributed by atoms with Gasteiger partial charge in [-0.3, -0.25) is 14.4 Å². The highest BCUT2D eigenvalue weighted by atomic mass is 16.3. The van der Waals surface area contributed by atoms with E-state index in [4.69, 9.17) is 22.3 Å². The van der Waals surface area contributed by atoms with Gasteiger partial charge in [-0.2, -0.15) is 0 Å². The number of hydrogen-bond acceptors (Lipinski definition) is 9. The molecule has 0 saturated carbocycles. The average molecular weight is 571 g/mol. The van der Waals surface area contributed by atoms with Gasteiger partial charge in [0.2, 0.25) is 17.7 Å². The molecule has 1 aliphatic heterocycles. The third-order valence-electron chi connectivity index (χ3n) is 7.21. The molecule has 3 amide bonds. The van der Waals surface area contributed by atoms with Crippen molar-refractivity contribution in [3.8, 4) is 22.6 Å². The average Bonchev–Trinajstić information content (AvgIpc) is 2.94. The smallest absolute Gasteiger partial charge is 0.243 e. The van der Waals surface area contributed by atoms with E-state index < -0.39 is 35.8 Å². The Morgan fingerprint density at radius 1 is 0.951 bits per heavy atom. The molecule has 0 unspecified atom stereocenters. The molecule has 0 aliphatic carbocycles. The number of phenolic OH excluding ortho intramolecular Hbond substituents is 2. The van der Waals surface area contributed by atoms with Crippen molar-refractivity contribution in [1.29, 1.82) is 0 Å². The van der Waals surface area contributed by atoms with Gasteiger partial charge in [0.05, 0.1) is 6.04 Å². The van der Waals surface area contributed by atoms with Gasteiger partial charge >= 0.3 is 0 Å². The third kappa shape index (κ3) is 9.15. The molecule has 0 fully saturated rings. The van der Waals surface area contributed by atoms with Crippen LogP contribution in [-0.2, 0) is 27.2 Å². The molecule has 4 atom stereocenters. The van der Waals surface area contributed by atoms with Gasteiger partial charge in [-0.15, -0.1) is 0 Å².